The summed E-state index contributed by atoms with van der Waals surface area (Å²) >= 11 is 0. The number of carboxylic acids is 1. The van der Waals surface area contributed by atoms with Crippen molar-refractivity contribution in [3.63, 3.8) is 0 Å². The predicted octanol–water partition coefficient (Wildman–Crippen LogP) is 1.63. The fraction of sp³-hybridized carbons (Fsp3) is 0.231. The Morgan fingerprint density at radius 2 is 1.94 bits per heavy atom. The van der Waals surface area contributed by atoms with Crippen LogP contribution in [0.25, 0.3) is 0 Å². The molecule has 0 saturated carbocycles. The van der Waals surface area contributed by atoms with Gasteiger partial charge in [-0.15, -0.1) is 0 Å². The minimum atomic E-state index is -1.10. The van der Waals surface area contributed by atoms with E-state index in [0.717, 1.165) is 0 Å². The van der Waals surface area contributed by atoms with E-state index < -0.39 is 5.97 Å². The highest BCUT2D eigenvalue weighted by Gasteiger charge is 2.15. The van der Waals surface area contributed by atoms with Gasteiger partial charge >= 0.3 is 5.97 Å². The number of nitrogens with two attached hydrogens (primary N) is 2. The fourth-order valence-corrected chi connectivity index (χ4v) is 1.64. The second-order valence-corrected chi connectivity index (χ2v) is 4.14. The van der Waals surface area contributed by atoms with Gasteiger partial charge in [0.25, 0.3) is 0 Å². The van der Waals surface area contributed by atoms with Gasteiger partial charge in [0.05, 0.1) is 5.56 Å². The molecule has 18 heavy (non-hydrogen) atoms. The molecule has 0 aromatic heterocycles. The van der Waals surface area contributed by atoms with Gasteiger partial charge in [-0.1, -0.05) is 6.58 Å². The molecule has 5 nitrogen and oxygen atoms in total. The Balaban J connectivity index is 3.04. The lowest BCUT2D eigenvalue weighted by molar-refractivity contribution is -0.115. The van der Waals surface area contributed by atoms with Crippen molar-refractivity contribution >= 4 is 23.1 Å². The van der Waals surface area contributed by atoms with Gasteiger partial charge in [-0.25, -0.2) is 4.79 Å². The number of hydrogen-bond donors (Lipinski definition) is 3. The molecule has 0 aliphatic carbocycles. The number of carbonyl (C=O) groups excluding carboxylic acids is 1. The summed E-state index contributed by atoms with van der Waals surface area (Å²) in [6, 6.07) is 2.84. The number of anilines is 2. The molecule has 0 aliphatic rings. The topological polar surface area (TPSA) is 106 Å². The normalized spacial score (nSPS) is 10.1. The number of ketones is 1. The van der Waals surface area contributed by atoms with Gasteiger partial charge in [0.2, 0.25) is 0 Å². The van der Waals surface area contributed by atoms with Crippen molar-refractivity contribution in [2.75, 3.05) is 11.5 Å². The molecular formula is C13H16N2O3. The largest absolute Gasteiger partial charge is 0.478 e. The molecule has 0 atom stereocenters. The summed E-state index contributed by atoms with van der Waals surface area (Å²) in [6.07, 6.45) is 0.448. The van der Waals surface area contributed by atoms with E-state index in [9.17, 15) is 9.59 Å². The quantitative estimate of drug-likeness (QED) is 0.542. The molecule has 0 radical (unpaired) electrons. The van der Waals surface area contributed by atoms with Crippen LogP contribution in [0.4, 0.5) is 11.4 Å². The molecule has 0 unspecified atom stereocenters. The van der Waals surface area contributed by atoms with Crippen molar-refractivity contribution in [2.24, 2.45) is 0 Å². The molecule has 5 N–H and O–H groups in total. The molecule has 1 rings (SSSR count). The summed E-state index contributed by atoms with van der Waals surface area (Å²) in [5.41, 5.74) is 12.8. The van der Waals surface area contributed by atoms with E-state index in [1.807, 2.05) is 0 Å². The zero-order chi connectivity index (χ0) is 13.9. The lowest BCUT2D eigenvalue weighted by Crippen LogP contribution is -2.10. The van der Waals surface area contributed by atoms with Crippen LogP contribution in [0.5, 0.6) is 0 Å². The molecule has 0 amide bonds. The van der Waals surface area contributed by atoms with Crippen molar-refractivity contribution in [1.29, 1.82) is 0 Å². The number of hydrogen-bond acceptors (Lipinski definition) is 4. The summed E-state index contributed by atoms with van der Waals surface area (Å²) in [5.74, 6) is -1.21. The average molecular weight is 248 g/mol. The minimum absolute atomic E-state index is 0.0435. The Hall–Kier alpha value is -2.30. The van der Waals surface area contributed by atoms with Crippen LogP contribution in [-0.2, 0) is 11.2 Å². The molecule has 0 bridgehead atoms. The Morgan fingerprint density at radius 1 is 1.33 bits per heavy atom. The van der Waals surface area contributed by atoms with Crippen molar-refractivity contribution in [2.45, 2.75) is 19.8 Å². The van der Waals surface area contributed by atoms with Crippen LogP contribution in [0, 0.1) is 0 Å². The van der Waals surface area contributed by atoms with Gasteiger partial charge in [-0.3, -0.25) is 4.79 Å². The van der Waals surface area contributed by atoms with Crippen LogP contribution in [0.15, 0.2) is 24.3 Å². The zero-order valence-electron chi connectivity index (χ0n) is 10.2. The number of carboxylic acid groups (broad SMARTS) is 1. The van der Waals surface area contributed by atoms with Gasteiger partial charge in [0.15, 0.2) is 5.78 Å². The van der Waals surface area contributed by atoms with Crippen molar-refractivity contribution in [3.8, 4) is 0 Å². The molecule has 5 heteroatoms. The van der Waals surface area contributed by atoms with Crippen LogP contribution in [0.1, 0.15) is 29.3 Å². The van der Waals surface area contributed by atoms with Crippen LogP contribution in [0.2, 0.25) is 0 Å². The Bertz CT molecular complexity index is 521. The van der Waals surface area contributed by atoms with Crippen LogP contribution in [-0.4, -0.2) is 16.9 Å². The third kappa shape index (κ3) is 3.10. The second-order valence-electron chi connectivity index (χ2n) is 4.14. The maximum atomic E-state index is 11.5. The van der Waals surface area contributed by atoms with Crippen LogP contribution < -0.4 is 11.5 Å². The number of aromatic carboxylic acids is 1. The van der Waals surface area contributed by atoms with Gasteiger partial charge in [0, 0.05) is 17.8 Å². The van der Waals surface area contributed by atoms with Crippen LogP contribution in [0.3, 0.4) is 0 Å². The first-order chi connectivity index (χ1) is 8.32. The first-order valence-corrected chi connectivity index (χ1v) is 5.42. The highest BCUT2D eigenvalue weighted by atomic mass is 16.4. The zero-order valence-corrected chi connectivity index (χ0v) is 10.2. The summed E-state index contributed by atoms with van der Waals surface area (Å²) in [6.45, 7) is 5.16. The van der Waals surface area contributed by atoms with E-state index in [0.29, 0.717) is 22.5 Å². The van der Waals surface area contributed by atoms with Gasteiger partial charge in [-0.2, -0.15) is 0 Å². The van der Waals surface area contributed by atoms with Crippen molar-refractivity contribution in [3.05, 3.63) is 35.4 Å². The number of Topliss-reactive ketones (excluding diaryl/α,β-unsaturated/α-hetero) is 1. The SMILES string of the molecule is C=C(C)C(=O)CCc1c(N)cc(N)cc1C(=O)O. The summed E-state index contributed by atoms with van der Waals surface area (Å²) < 4.78 is 0. The number of allylic oxidation sites excluding steroid dienone is 1. The first kappa shape index (κ1) is 13.8. The molecule has 0 heterocycles. The minimum Gasteiger partial charge on any atom is -0.478 e. The smallest absolute Gasteiger partial charge is 0.336 e. The molecule has 0 saturated heterocycles. The third-order valence-electron chi connectivity index (χ3n) is 2.62. The lowest BCUT2D eigenvalue weighted by atomic mass is 9.97. The van der Waals surface area contributed by atoms with Gasteiger partial charge in [0.1, 0.15) is 0 Å². The predicted molar refractivity (Wildman–Crippen MR) is 70.4 cm³/mol. The molecule has 0 spiro atoms. The monoisotopic (exact) mass is 248 g/mol. The summed E-state index contributed by atoms with van der Waals surface area (Å²) in [7, 11) is 0. The second kappa shape index (κ2) is 5.35. The van der Waals surface area contributed by atoms with E-state index in [2.05, 4.69) is 6.58 Å². The Labute approximate surface area is 105 Å². The van der Waals surface area contributed by atoms with Gasteiger partial charge in [-0.05, 0) is 36.6 Å². The number of nitrogen functional groups attached to an aromatic ring is 2. The highest BCUT2D eigenvalue weighted by molar-refractivity contribution is 5.95. The maximum absolute atomic E-state index is 11.5. The average Bonchev–Trinajstić information content (AvgIpc) is 2.26. The number of benzene rings is 1. The molecule has 96 valence electrons. The third-order valence-corrected chi connectivity index (χ3v) is 2.62. The molecule has 0 aliphatic heterocycles. The Morgan fingerprint density at radius 3 is 2.44 bits per heavy atom. The number of carbonyl (C=O) groups is 2. The van der Waals surface area contributed by atoms with E-state index in [1.165, 1.54) is 12.1 Å². The van der Waals surface area contributed by atoms with E-state index >= 15 is 0 Å². The molecule has 1 aromatic carbocycles. The molecule has 1 aromatic rings. The molecular weight excluding hydrogens is 232 g/mol. The summed E-state index contributed by atoms with van der Waals surface area (Å²) in [4.78, 5) is 22.6. The standard InChI is InChI=1S/C13H16N2O3/c1-7(2)12(16)4-3-9-10(13(17)18)5-8(14)6-11(9)15/h5-6H,1,3-4,14-15H2,2H3,(H,17,18). The highest BCUT2D eigenvalue weighted by Crippen LogP contribution is 2.23. The Kier molecular flexibility index (Phi) is 4.09. The summed E-state index contributed by atoms with van der Waals surface area (Å²) in [5, 5.41) is 9.08. The van der Waals surface area contributed by atoms with Crippen molar-refractivity contribution in [1.82, 2.24) is 0 Å². The van der Waals surface area contributed by atoms with E-state index in [4.69, 9.17) is 16.6 Å². The lowest BCUT2D eigenvalue weighted by Gasteiger charge is -2.10. The first-order valence-electron chi connectivity index (χ1n) is 5.42. The molecule has 0 fully saturated rings. The van der Waals surface area contributed by atoms with Gasteiger partial charge < -0.3 is 16.6 Å². The van der Waals surface area contributed by atoms with E-state index in [-0.39, 0.29) is 24.2 Å². The van der Waals surface area contributed by atoms with Crippen LogP contribution >= 0.6 is 0 Å². The van der Waals surface area contributed by atoms with E-state index in [1.54, 1.807) is 6.92 Å². The maximum Gasteiger partial charge on any atom is 0.336 e. The fourth-order valence-electron chi connectivity index (χ4n) is 1.64. The number of rotatable bonds is 5. The van der Waals surface area contributed by atoms with Crippen molar-refractivity contribution < 1.29 is 14.7 Å².